The molecule has 0 N–H and O–H groups in total. The lowest BCUT2D eigenvalue weighted by molar-refractivity contribution is 0.0472. The van der Waals surface area contributed by atoms with E-state index in [1.807, 2.05) is 44.2 Å². The maximum atomic E-state index is 12.7. The number of nitrogens with zero attached hydrogens (tertiary/aromatic N) is 2. The number of ketones is 1. The van der Waals surface area contributed by atoms with Gasteiger partial charge in [-0.05, 0) is 57.9 Å². The van der Waals surface area contributed by atoms with E-state index in [0.29, 0.717) is 17.0 Å². The lowest BCUT2D eigenvalue weighted by atomic mass is 10.1. The zero-order chi connectivity index (χ0) is 21.8. The number of hydrogen-bond acceptors (Lipinski definition) is 6. The molecule has 1 aromatic carbocycles. The van der Waals surface area contributed by atoms with E-state index in [1.165, 1.54) is 5.56 Å². The normalized spacial score (nSPS) is 10.8. The molecule has 3 aromatic rings. The molecule has 0 unspecified atom stereocenters. The van der Waals surface area contributed by atoms with Crippen molar-refractivity contribution in [1.82, 2.24) is 9.72 Å². The largest absolute Gasteiger partial charge is 0.497 e. The summed E-state index contributed by atoms with van der Waals surface area (Å²) < 4.78 is 17.5. The van der Waals surface area contributed by atoms with Gasteiger partial charge in [0.2, 0.25) is 5.78 Å². The minimum absolute atomic E-state index is 0.237. The Morgan fingerprint density at radius 1 is 1.10 bits per heavy atom. The van der Waals surface area contributed by atoms with Gasteiger partial charge in [0.1, 0.15) is 17.1 Å². The highest BCUT2D eigenvalue weighted by Gasteiger charge is 2.22. The van der Waals surface area contributed by atoms with Gasteiger partial charge in [-0.3, -0.25) is 4.79 Å². The van der Waals surface area contributed by atoms with Crippen molar-refractivity contribution in [3.8, 4) is 5.75 Å². The van der Waals surface area contributed by atoms with Crippen molar-refractivity contribution in [2.24, 2.45) is 0 Å². The fourth-order valence-corrected chi connectivity index (χ4v) is 3.52. The Morgan fingerprint density at radius 2 is 1.80 bits per heavy atom. The van der Waals surface area contributed by atoms with E-state index in [4.69, 9.17) is 14.0 Å². The Bertz CT molecular complexity index is 1040. The number of rotatable bonds is 8. The first-order valence-corrected chi connectivity index (χ1v) is 9.74. The summed E-state index contributed by atoms with van der Waals surface area (Å²) in [5, 5.41) is 3.74. The van der Waals surface area contributed by atoms with E-state index in [9.17, 15) is 9.59 Å². The van der Waals surface area contributed by atoms with Crippen LogP contribution in [-0.4, -0.2) is 35.2 Å². The molecule has 0 saturated heterocycles. The third-order valence-electron chi connectivity index (χ3n) is 5.23. The minimum Gasteiger partial charge on any atom is -0.497 e. The smallest absolute Gasteiger partial charge is 0.344 e. The van der Waals surface area contributed by atoms with Gasteiger partial charge in [0.05, 0.1) is 12.8 Å². The van der Waals surface area contributed by atoms with E-state index in [2.05, 4.69) is 9.72 Å². The number of benzene rings is 1. The summed E-state index contributed by atoms with van der Waals surface area (Å²) in [5.41, 5.74) is 4.31. The van der Waals surface area contributed by atoms with Gasteiger partial charge in [0.15, 0.2) is 6.61 Å². The predicted molar refractivity (Wildman–Crippen MR) is 111 cm³/mol. The van der Waals surface area contributed by atoms with Crippen LogP contribution in [0.25, 0.3) is 0 Å². The standard InChI is InChI=1S/C23H26N2O5/c1-14-12-20(21(26)13-29-23(27)22-15(2)24-30-17(22)4)16(3)25(14)11-10-18-6-8-19(28-5)9-7-18/h6-9,12H,10-11,13H2,1-5H3. The first kappa shape index (κ1) is 21.4. The molecule has 2 heterocycles. The molecule has 0 radical (unpaired) electrons. The Hall–Kier alpha value is -3.35. The van der Waals surface area contributed by atoms with E-state index in [0.717, 1.165) is 30.1 Å². The first-order chi connectivity index (χ1) is 14.3. The third kappa shape index (κ3) is 4.45. The fraction of sp³-hybridized carbons (Fsp3) is 0.348. The van der Waals surface area contributed by atoms with Gasteiger partial charge in [0.25, 0.3) is 0 Å². The summed E-state index contributed by atoms with van der Waals surface area (Å²) in [5.74, 6) is 0.361. The Morgan fingerprint density at radius 3 is 2.40 bits per heavy atom. The number of aryl methyl sites for hydroxylation is 4. The van der Waals surface area contributed by atoms with Crippen molar-refractivity contribution in [1.29, 1.82) is 0 Å². The highest BCUT2D eigenvalue weighted by Crippen LogP contribution is 2.19. The molecular formula is C23H26N2O5. The monoisotopic (exact) mass is 410 g/mol. The predicted octanol–water partition coefficient (Wildman–Crippen LogP) is 4.00. The molecule has 0 amide bonds. The summed E-state index contributed by atoms with van der Waals surface area (Å²) in [4.78, 5) is 24.9. The van der Waals surface area contributed by atoms with E-state index in [1.54, 1.807) is 21.0 Å². The Labute approximate surface area is 175 Å². The fourth-order valence-electron chi connectivity index (χ4n) is 3.52. The van der Waals surface area contributed by atoms with Crippen molar-refractivity contribution >= 4 is 11.8 Å². The minimum atomic E-state index is -0.604. The van der Waals surface area contributed by atoms with Gasteiger partial charge in [-0.2, -0.15) is 0 Å². The number of carbonyl (C=O) groups excluding carboxylic acids is 2. The maximum absolute atomic E-state index is 12.7. The van der Waals surface area contributed by atoms with Gasteiger partial charge in [0, 0.05) is 23.5 Å². The van der Waals surface area contributed by atoms with Crippen LogP contribution in [0, 0.1) is 27.7 Å². The van der Waals surface area contributed by atoms with Crippen molar-refractivity contribution in [3.05, 3.63) is 69.9 Å². The number of ether oxygens (including phenoxy) is 2. The first-order valence-electron chi connectivity index (χ1n) is 9.74. The summed E-state index contributed by atoms with van der Waals surface area (Å²) >= 11 is 0. The second-order valence-electron chi connectivity index (χ2n) is 7.23. The topological polar surface area (TPSA) is 83.6 Å². The average Bonchev–Trinajstić information content (AvgIpc) is 3.22. The van der Waals surface area contributed by atoms with Crippen LogP contribution in [0.2, 0.25) is 0 Å². The molecule has 7 nitrogen and oxygen atoms in total. The van der Waals surface area contributed by atoms with Crippen LogP contribution in [-0.2, 0) is 17.7 Å². The van der Waals surface area contributed by atoms with Crippen LogP contribution in [0.3, 0.4) is 0 Å². The van der Waals surface area contributed by atoms with Gasteiger partial charge in [-0.15, -0.1) is 0 Å². The van der Waals surface area contributed by atoms with Crippen LogP contribution in [0.5, 0.6) is 5.75 Å². The number of aromatic nitrogens is 2. The number of carbonyl (C=O) groups is 2. The molecule has 0 aliphatic rings. The second kappa shape index (κ2) is 8.98. The quantitative estimate of drug-likeness (QED) is 0.412. The molecule has 30 heavy (non-hydrogen) atoms. The van der Waals surface area contributed by atoms with Gasteiger partial charge in [-0.1, -0.05) is 17.3 Å². The van der Waals surface area contributed by atoms with Crippen LogP contribution in [0.4, 0.5) is 0 Å². The number of hydrogen-bond donors (Lipinski definition) is 0. The molecule has 0 atom stereocenters. The second-order valence-corrected chi connectivity index (χ2v) is 7.23. The average molecular weight is 410 g/mol. The van der Waals surface area contributed by atoms with E-state index >= 15 is 0 Å². The summed E-state index contributed by atoms with van der Waals surface area (Å²) in [6.07, 6.45) is 0.828. The zero-order valence-corrected chi connectivity index (χ0v) is 17.9. The molecule has 0 spiro atoms. The van der Waals surface area contributed by atoms with Crippen molar-refractivity contribution in [2.75, 3.05) is 13.7 Å². The SMILES string of the molecule is COc1ccc(CCn2c(C)cc(C(=O)COC(=O)c3c(C)noc3C)c2C)cc1. The molecule has 3 rings (SSSR count). The maximum Gasteiger partial charge on any atom is 0.344 e. The molecule has 0 aliphatic carbocycles. The highest BCUT2D eigenvalue weighted by atomic mass is 16.5. The summed E-state index contributed by atoms with van der Waals surface area (Å²) in [6.45, 7) is 7.58. The molecule has 0 aliphatic heterocycles. The molecule has 2 aromatic heterocycles. The lowest BCUT2D eigenvalue weighted by Crippen LogP contribution is -2.16. The third-order valence-corrected chi connectivity index (χ3v) is 5.23. The van der Waals surface area contributed by atoms with Gasteiger partial charge < -0.3 is 18.6 Å². The Kier molecular flexibility index (Phi) is 6.40. The zero-order valence-electron chi connectivity index (χ0n) is 17.9. The summed E-state index contributed by atoms with van der Waals surface area (Å²) in [6, 6.07) is 9.79. The van der Waals surface area contributed by atoms with Crippen molar-refractivity contribution < 1.29 is 23.6 Å². The molecule has 0 fully saturated rings. The van der Waals surface area contributed by atoms with Crippen LogP contribution < -0.4 is 4.74 Å². The number of Topliss-reactive ketones (excluding diaryl/α,β-unsaturated/α-hetero) is 1. The highest BCUT2D eigenvalue weighted by molar-refractivity contribution is 6.00. The number of esters is 1. The molecular weight excluding hydrogens is 384 g/mol. The molecule has 158 valence electrons. The van der Waals surface area contributed by atoms with Crippen LogP contribution in [0.1, 0.15) is 49.1 Å². The molecule has 7 heteroatoms. The van der Waals surface area contributed by atoms with Crippen LogP contribution >= 0.6 is 0 Å². The lowest BCUT2D eigenvalue weighted by Gasteiger charge is -2.10. The molecule has 0 saturated carbocycles. The molecule has 0 bridgehead atoms. The number of methoxy groups -OCH3 is 1. The Balaban J connectivity index is 1.65. The van der Waals surface area contributed by atoms with Gasteiger partial charge in [-0.25, -0.2) is 4.79 Å². The van der Waals surface area contributed by atoms with Crippen molar-refractivity contribution in [2.45, 2.75) is 40.7 Å². The van der Waals surface area contributed by atoms with Crippen LogP contribution in [0.15, 0.2) is 34.9 Å². The summed E-state index contributed by atoms with van der Waals surface area (Å²) in [7, 11) is 1.64. The van der Waals surface area contributed by atoms with Crippen molar-refractivity contribution in [3.63, 3.8) is 0 Å². The van der Waals surface area contributed by atoms with E-state index in [-0.39, 0.29) is 18.0 Å². The van der Waals surface area contributed by atoms with Gasteiger partial charge >= 0.3 is 5.97 Å². The van der Waals surface area contributed by atoms with E-state index < -0.39 is 5.97 Å².